The minimum atomic E-state index is -0.251. The number of carbonyl (C=O) groups excluding carboxylic acids is 1. The van der Waals surface area contributed by atoms with Gasteiger partial charge < -0.3 is 4.90 Å². The lowest BCUT2D eigenvalue weighted by Gasteiger charge is -2.30. The van der Waals surface area contributed by atoms with Gasteiger partial charge >= 0.3 is 0 Å². The topological polar surface area (TPSA) is 20.3 Å². The first-order chi connectivity index (χ1) is 11.5. The van der Waals surface area contributed by atoms with E-state index in [0.717, 1.165) is 54.8 Å². The van der Waals surface area contributed by atoms with Crippen molar-refractivity contribution in [3.63, 3.8) is 0 Å². The summed E-state index contributed by atoms with van der Waals surface area (Å²) in [6, 6.07) is 7.73. The molecule has 1 unspecified atom stereocenters. The molecule has 2 aliphatic rings. The minimum Gasteiger partial charge on any atom is -0.309 e. The van der Waals surface area contributed by atoms with Crippen molar-refractivity contribution in [2.45, 2.75) is 38.5 Å². The van der Waals surface area contributed by atoms with Crippen LogP contribution in [0.3, 0.4) is 0 Å². The van der Waals surface area contributed by atoms with E-state index in [-0.39, 0.29) is 5.41 Å². The third kappa shape index (κ3) is 3.50. The first-order valence-electron chi connectivity index (χ1n) is 8.86. The third-order valence-corrected chi connectivity index (χ3v) is 5.65. The van der Waals surface area contributed by atoms with Gasteiger partial charge in [-0.05, 0) is 88.5 Å². The second-order valence-corrected chi connectivity index (χ2v) is 7.74. The molecule has 1 atom stereocenters. The fraction of sp³-hybridized carbons (Fsp3) is 0.476. The maximum Gasteiger partial charge on any atom is 0.169 e. The van der Waals surface area contributed by atoms with Crippen LogP contribution in [0.5, 0.6) is 0 Å². The molecule has 1 saturated carbocycles. The van der Waals surface area contributed by atoms with E-state index in [0.29, 0.717) is 5.78 Å². The van der Waals surface area contributed by atoms with Crippen LogP contribution < -0.4 is 0 Å². The number of Topliss-reactive ketones (excluding diaryl/α,β-unsaturated/α-hetero) is 1. The summed E-state index contributed by atoms with van der Waals surface area (Å²) < 4.78 is 0. The Bertz CT molecular complexity index is 672. The molecule has 0 heterocycles. The van der Waals surface area contributed by atoms with Crippen molar-refractivity contribution >= 4 is 23.5 Å². The number of rotatable bonds is 5. The third-order valence-electron chi connectivity index (χ3n) is 5.40. The monoisotopic (exact) mass is 343 g/mol. The van der Waals surface area contributed by atoms with Crippen LogP contribution in [0.4, 0.5) is 0 Å². The molecule has 2 aliphatic carbocycles. The molecule has 0 N–H and O–H groups in total. The molecule has 0 amide bonds. The smallest absolute Gasteiger partial charge is 0.169 e. The minimum absolute atomic E-state index is 0.251. The highest BCUT2D eigenvalue weighted by atomic mass is 35.5. The van der Waals surface area contributed by atoms with Crippen molar-refractivity contribution in [3.05, 3.63) is 52.1 Å². The number of benzene rings is 1. The predicted molar refractivity (Wildman–Crippen MR) is 101 cm³/mol. The quantitative estimate of drug-likeness (QED) is 0.545. The molecular weight excluding hydrogens is 318 g/mol. The summed E-state index contributed by atoms with van der Waals surface area (Å²) in [5.41, 5.74) is 3.18. The molecule has 1 aromatic carbocycles. The number of nitrogens with zero attached hydrogens (tertiary/aromatic N) is 1. The number of halogens is 1. The summed E-state index contributed by atoms with van der Waals surface area (Å²) in [7, 11) is 4.17. The Morgan fingerprint density at radius 3 is 2.58 bits per heavy atom. The number of ketones is 1. The van der Waals surface area contributed by atoms with E-state index < -0.39 is 0 Å². The Kier molecular flexibility index (Phi) is 5.27. The van der Waals surface area contributed by atoms with Gasteiger partial charge in [-0.25, -0.2) is 0 Å². The highest BCUT2D eigenvalue weighted by molar-refractivity contribution is 6.30. The van der Waals surface area contributed by atoms with Crippen molar-refractivity contribution < 1.29 is 4.79 Å². The predicted octanol–water partition coefficient (Wildman–Crippen LogP) is 5.13. The summed E-state index contributed by atoms with van der Waals surface area (Å²) >= 11 is 5.96. The Morgan fingerprint density at radius 2 is 1.96 bits per heavy atom. The van der Waals surface area contributed by atoms with Crippen LogP contribution in [0.15, 0.2) is 41.5 Å². The van der Waals surface area contributed by atoms with E-state index in [9.17, 15) is 4.79 Å². The number of allylic oxidation sites excluding steroid dienone is 3. The average molecular weight is 344 g/mol. The zero-order chi connectivity index (χ0) is 17.2. The molecular formula is C21H26ClNO. The molecule has 3 rings (SSSR count). The maximum absolute atomic E-state index is 13.3. The first kappa shape index (κ1) is 17.4. The molecule has 128 valence electrons. The molecule has 0 aliphatic heterocycles. The summed E-state index contributed by atoms with van der Waals surface area (Å²) in [6.45, 7) is 0.956. The van der Waals surface area contributed by atoms with E-state index in [2.05, 4.69) is 31.1 Å². The zero-order valence-electron chi connectivity index (χ0n) is 14.6. The zero-order valence-corrected chi connectivity index (χ0v) is 15.4. The molecule has 2 nitrogen and oxygen atoms in total. The van der Waals surface area contributed by atoms with Crippen molar-refractivity contribution in [1.29, 1.82) is 0 Å². The van der Waals surface area contributed by atoms with Gasteiger partial charge in [0, 0.05) is 5.02 Å². The van der Waals surface area contributed by atoms with Crippen LogP contribution in [-0.2, 0) is 4.79 Å². The van der Waals surface area contributed by atoms with Crippen LogP contribution in [0.25, 0.3) is 6.08 Å². The van der Waals surface area contributed by atoms with Crippen molar-refractivity contribution in [3.8, 4) is 0 Å². The van der Waals surface area contributed by atoms with Gasteiger partial charge in [-0.3, -0.25) is 4.79 Å². The van der Waals surface area contributed by atoms with Crippen molar-refractivity contribution in [2.24, 2.45) is 5.41 Å². The van der Waals surface area contributed by atoms with E-state index in [1.807, 2.05) is 24.3 Å². The molecule has 1 fully saturated rings. The van der Waals surface area contributed by atoms with Crippen LogP contribution in [0, 0.1) is 5.41 Å². The SMILES string of the molecule is CN(C)CCC1(C2=CCCC2)CC/C(=C/c2ccc(Cl)cc2)C1=O. The van der Waals surface area contributed by atoms with Crippen LogP contribution in [0.1, 0.15) is 44.1 Å². The van der Waals surface area contributed by atoms with Gasteiger partial charge in [0.05, 0.1) is 5.41 Å². The molecule has 1 aromatic rings. The second kappa shape index (κ2) is 7.25. The van der Waals surface area contributed by atoms with Gasteiger partial charge in [0.15, 0.2) is 5.78 Å². The first-order valence-corrected chi connectivity index (χ1v) is 9.24. The Hall–Kier alpha value is -1.38. The Morgan fingerprint density at radius 1 is 1.21 bits per heavy atom. The molecule has 0 saturated heterocycles. The standard InChI is InChI=1S/C21H26ClNO/c1-23(2)14-13-21(18-5-3-4-6-18)12-11-17(20(21)24)15-16-7-9-19(22)10-8-16/h5,7-10,15H,3-4,6,11-14H2,1-2H3/b17-15-. The molecule has 0 aromatic heterocycles. The molecule has 0 spiro atoms. The molecule has 0 bridgehead atoms. The van der Waals surface area contributed by atoms with Gasteiger partial charge in [-0.1, -0.05) is 35.4 Å². The number of hydrogen-bond donors (Lipinski definition) is 0. The fourth-order valence-corrected chi connectivity index (χ4v) is 4.13. The van der Waals surface area contributed by atoms with E-state index in [4.69, 9.17) is 11.6 Å². The van der Waals surface area contributed by atoms with Gasteiger partial charge in [0.1, 0.15) is 0 Å². The lowest BCUT2D eigenvalue weighted by atomic mass is 9.74. The van der Waals surface area contributed by atoms with Crippen molar-refractivity contribution in [2.75, 3.05) is 20.6 Å². The maximum atomic E-state index is 13.3. The normalized spacial score (nSPS) is 25.8. The lowest BCUT2D eigenvalue weighted by molar-refractivity contribution is -0.121. The van der Waals surface area contributed by atoms with E-state index >= 15 is 0 Å². The average Bonchev–Trinajstić information content (AvgIpc) is 3.19. The molecule has 0 radical (unpaired) electrons. The highest BCUT2D eigenvalue weighted by Crippen LogP contribution is 2.50. The van der Waals surface area contributed by atoms with Gasteiger partial charge in [-0.15, -0.1) is 0 Å². The van der Waals surface area contributed by atoms with Gasteiger partial charge in [-0.2, -0.15) is 0 Å². The number of hydrogen-bond acceptors (Lipinski definition) is 2. The summed E-state index contributed by atoms with van der Waals surface area (Å²) in [5, 5.41) is 0.728. The largest absolute Gasteiger partial charge is 0.309 e. The fourth-order valence-electron chi connectivity index (χ4n) is 4.01. The summed E-state index contributed by atoms with van der Waals surface area (Å²) in [6.07, 6.45) is 10.6. The molecule has 3 heteroatoms. The van der Waals surface area contributed by atoms with E-state index in [1.54, 1.807) is 0 Å². The second-order valence-electron chi connectivity index (χ2n) is 7.31. The van der Waals surface area contributed by atoms with Gasteiger partial charge in [0.2, 0.25) is 0 Å². The lowest BCUT2D eigenvalue weighted by Crippen LogP contribution is -2.32. The van der Waals surface area contributed by atoms with Crippen LogP contribution in [-0.4, -0.2) is 31.3 Å². The van der Waals surface area contributed by atoms with Crippen molar-refractivity contribution in [1.82, 2.24) is 4.90 Å². The Balaban J connectivity index is 1.88. The van der Waals surface area contributed by atoms with E-state index in [1.165, 1.54) is 12.0 Å². The van der Waals surface area contributed by atoms with Crippen LogP contribution in [0.2, 0.25) is 5.02 Å². The van der Waals surface area contributed by atoms with Crippen LogP contribution >= 0.6 is 11.6 Å². The summed E-state index contributed by atoms with van der Waals surface area (Å²) in [4.78, 5) is 15.5. The van der Waals surface area contributed by atoms with Gasteiger partial charge in [0.25, 0.3) is 0 Å². The molecule has 24 heavy (non-hydrogen) atoms. The number of carbonyl (C=O) groups is 1. The highest BCUT2D eigenvalue weighted by Gasteiger charge is 2.47. The Labute approximate surface area is 150 Å². The summed E-state index contributed by atoms with van der Waals surface area (Å²) in [5.74, 6) is 0.354.